The van der Waals surface area contributed by atoms with E-state index in [9.17, 15) is 22.4 Å². The summed E-state index contributed by atoms with van der Waals surface area (Å²) in [5, 5.41) is 5.41. The molecule has 2 N–H and O–H groups in total. The largest absolute Gasteiger partial charge is 0.352 e. The average molecular weight is 390 g/mol. The van der Waals surface area contributed by atoms with Gasteiger partial charge in [0.05, 0.1) is 17.4 Å². The monoisotopic (exact) mass is 390 g/mol. The zero-order valence-electron chi connectivity index (χ0n) is 14.4. The molecule has 0 bridgehead atoms. The number of halogens is 1. The molecular weight excluding hydrogens is 371 g/mol. The molecule has 142 valence electrons. The lowest BCUT2D eigenvalue weighted by Gasteiger charge is -2.11. The Hall–Kier alpha value is -2.74. The zero-order valence-corrected chi connectivity index (χ0v) is 15.3. The number of benzene rings is 2. The second-order valence-electron chi connectivity index (χ2n) is 6.48. The molecule has 1 saturated heterocycles. The van der Waals surface area contributed by atoms with Gasteiger partial charge >= 0.3 is 0 Å². The molecule has 1 unspecified atom stereocenters. The van der Waals surface area contributed by atoms with Crippen molar-refractivity contribution in [1.29, 1.82) is 0 Å². The maximum absolute atomic E-state index is 13.2. The summed E-state index contributed by atoms with van der Waals surface area (Å²) in [6.45, 7) is 0.221. The second-order valence-corrected chi connectivity index (χ2v) is 8.71. The molecule has 8 heteroatoms. The van der Waals surface area contributed by atoms with Gasteiger partial charge < -0.3 is 10.6 Å². The van der Waals surface area contributed by atoms with Gasteiger partial charge in [-0.15, -0.1) is 0 Å². The minimum absolute atomic E-state index is 0.0483. The van der Waals surface area contributed by atoms with Crippen LogP contribution in [0.2, 0.25) is 0 Å². The van der Waals surface area contributed by atoms with Crippen LogP contribution < -0.4 is 10.6 Å². The molecule has 0 spiro atoms. The fourth-order valence-corrected chi connectivity index (χ4v) is 4.67. The summed E-state index contributed by atoms with van der Waals surface area (Å²) in [6.07, 6.45) is 0.345. The molecule has 0 radical (unpaired) electrons. The number of hydrogen-bond donors (Lipinski definition) is 2. The van der Waals surface area contributed by atoms with Crippen LogP contribution in [0, 0.1) is 11.7 Å². The highest BCUT2D eigenvalue weighted by Crippen LogP contribution is 2.19. The van der Waals surface area contributed by atoms with Crippen LogP contribution in [0.1, 0.15) is 22.3 Å². The van der Waals surface area contributed by atoms with E-state index in [0.29, 0.717) is 12.1 Å². The van der Waals surface area contributed by atoms with Crippen LogP contribution in [-0.2, 0) is 21.2 Å². The molecule has 1 fully saturated rings. The number of amides is 2. The fourth-order valence-electron chi connectivity index (χ4n) is 2.93. The van der Waals surface area contributed by atoms with Crippen molar-refractivity contribution in [2.24, 2.45) is 5.92 Å². The number of anilines is 1. The highest BCUT2D eigenvalue weighted by atomic mass is 32.2. The zero-order chi connectivity index (χ0) is 19.4. The third kappa shape index (κ3) is 5.13. The van der Waals surface area contributed by atoms with Gasteiger partial charge in [-0.1, -0.05) is 18.2 Å². The van der Waals surface area contributed by atoms with Crippen molar-refractivity contribution in [2.45, 2.75) is 13.0 Å². The van der Waals surface area contributed by atoms with E-state index in [0.717, 1.165) is 11.6 Å². The van der Waals surface area contributed by atoms with Gasteiger partial charge in [0.2, 0.25) is 5.91 Å². The summed E-state index contributed by atoms with van der Waals surface area (Å²) in [4.78, 5) is 24.3. The molecule has 3 rings (SSSR count). The van der Waals surface area contributed by atoms with Crippen molar-refractivity contribution in [1.82, 2.24) is 5.32 Å². The first kappa shape index (κ1) is 19.0. The average Bonchev–Trinajstić information content (AvgIpc) is 3.00. The Bertz CT molecular complexity index is 975. The first-order chi connectivity index (χ1) is 12.8. The summed E-state index contributed by atoms with van der Waals surface area (Å²) >= 11 is 0. The van der Waals surface area contributed by atoms with Gasteiger partial charge in [0.1, 0.15) is 5.82 Å². The van der Waals surface area contributed by atoms with Crippen molar-refractivity contribution in [3.63, 3.8) is 0 Å². The highest BCUT2D eigenvalue weighted by molar-refractivity contribution is 7.91. The van der Waals surface area contributed by atoms with Crippen LogP contribution >= 0.6 is 0 Å². The molecule has 0 saturated carbocycles. The van der Waals surface area contributed by atoms with Crippen LogP contribution in [-0.4, -0.2) is 31.7 Å². The lowest BCUT2D eigenvalue weighted by atomic mass is 10.1. The Kier molecular flexibility index (Phi) is 5.55. The Morgan fingerprint density at radius 2 is 1.89 bits per heavy atom. The summed E-state index contributed by atoms with van der Waals surface area (Å²) in [5.41, 5.74) is 1.47. The van der Waals surface area contributed by atoms with Gasteiger partial charge in [-0.25, -0.2) is 12.8 Å². The van der Waals surface area contributed by atoms with E-state index in [4.69, 9.17) is 0 Å². The molecule has 2 amide bonds. The molecule has 2 aromatic carbocycles. The second kappa shape index (κ2) is 7.87. The van der Waals surface area contributed by atoms with E-state index in [1.807, 2.05) is 0 Å². The predicted molar refractivity (Wildman–Crippen MR) is 99.4 cm³/mol. The lowest BCUT2D eigenvalue weighted by Crippen LogP contribution is -2.30. The Balaban J connectivity index is 1.59. The number of nitrogens with one attached hydrogen (secondary N) is 2. The quantitative estimate of drug-likeness (QED) is 0.818. The minimum Gasteiger partial charge on any atom is -0.352 e. The molecule has 1 aliphatic heterocycles. The van der Waals surface area contributed by atoms with Crippen LogP contribution in [0.3, 0.4) is 0 Å². The normalized spacial score (nSPS) is 18.0. The van der Waals surface area contributed by atoms with Crippen molar-refractivity contribution >= 4 is 27.3 Å². The van der Waals surface area contributed by atoms with E-state index in [2.05, 4.69) is 10.6 Å². The van der Waals surface area contributed by atoms with Crippen LogP contribution in [0.4, 0.5) is 10.1 Å². The molecular formula is C19H19FN2O4S. The Morgan fingerprint density at radius 1 is 1.11 bits per heavy atom. The number of hydrogen-bond acceptors (Lipinski definition) is 4. The molecule has 1 aliphatic rings. The summed E-state index contributed by atoms with van der Waals surface area (Å²) in [6, 6.07) is 12.3. The van der Waals surface area contributed by atoms with Crippen LogP contribution in [0.15, 0.2) is 48.5 Å². The molecule has 27 heavy (non-hydrogen) atoms. The predicted octanol–water partition coefficient (Wildman–Crippen LogP) is 2.13. The Morgan fingerprint density at radius 3 is 2.59 bits per heavy atom. The fraction of sp³-hybridized carbons (Fsp3) is 0.263. The SMILES string of the molecule is O=C(Nc1cccc(CNC(=O)C2CCS(=O)(=O)C2)c1)c1cccc(F)c1. The molecule has 6 nitrogen and oxygen atoms in total. The van der Waals surface area contributed by atoms with E-state index in [1.54, 1.807) is 24.3 Å². The van der Waals surface area contributed by atoms with E-state index >= 15 is 0 Å². The number of rotatable bonds is 5. The topological polar surface area (TPSA) is 92.3 Å². The van der Waals surface area contributed by atoms with Crippen LogP contribution in [0.25, 0.3) is 0 Å². The first-order valence-corrected chi connectivity index (χ1v) is 10.3. The van der Waals surface area contributed by atoms with Gasteiger partial charge in [0.25, 0.3) is 5.91 Å². The van der Waals surface area contributed by atoms with E-state index in [-0.39, 0.29) is 29.5 Å². The summed E-state index contributed by atoms with van der Waals surface area (Å²) < 4.78 is 36.1. The molecule has 0 aliphatic carbocycles. The van der Waals surface area contributed by atoms with Gasteiger partial charge in [0.15, 0.2) is 9.84 Å². The third-order valence-electron chi connectivity index (χ3n) is 4.34. The van der Waals surface area contributed by atoms with Crippen LogP contribution in [0.5, 0.6) is 0 Å². The van der Waals surface area contributed by atoms with Gasteiger partial charge in [-0.05, 0) is 42.3 Å². The first-order valence-electron chi connectivity index (χ1n) is 8.46. The van der Waals surface area contributed by atoms with Crippen molar-refractivity contribution in [2.75, 3.05) is 16.8 Å². The molecule has 1 heterocycles. The van der Waals surface area contributed by atoms with Crippen molar-refractivity contribution in [3.05, 3.63) is 65.5 Å². The van der Waals surface area contributed by atoms with E-state index in [1.165, 1.54) is 18.2 Å². The van der Waals surface area contributed by atoms with Gasteiger partial charge in [-0.3, -0.25) is 9.59 Å². The number of carbonyl (C=O) groups is 2. The van der Waals surface area contributed by atoms with Gasteiger partial charge in [-0.2, -0.15) is 0 Å². The van der Waals surface area contributed by atoms with Crippen molar-refractivity contribution in [3.8, 4) is 0 Å². The highest BCUT2D eigenvalue weighted by Gasteiger charge is 2.32. The summed E-state index contributed by atoms with van der Waals surface area (Å²) in [5.74, 6) is -1.79. The Labute approximate surface area is 156 Å². The standard InChI is InChI=1S/C19H19FN2O4S/c20-16-5-2-4-14(10-16)19(24)22-17-6-1-3-13(9-17)11-21-18(23)15-7-8-27(25,26)12-15/h1-6,9-10,15H,7-8,11-12H2,(H,21,23)(H,22,24). The molecule has 0 aromatic heterocycles. The van der Waals surface area contributed by atoms with E-state index < -0.39 is 27.5 Å². The maximum Gasteiger partial charge on any atom is 0.255 e. The summed E-state index contributed by atoms with van der Waals surface area (Å²) in [7, 11) is -3.11. The molecule has 2 aromatic rings. The number of carbonyl (C=O) groups excluding carboxylic acids is 2. The smallest absolute Gasteiger partial charge is 0.255 e. The minimum atomic E-state index is -3.11. The van der Waals surface area contributed by atoms with Gasteiger partial charge in [0, 0.05) is 17.8 Å². The maximum atomic E-state index is 13.2. The number of sulfone groups is 1. The lowest BCUT2D eigenvalue weighted by molar-refractivity contribution is -0.124. The molecule has 1 atom stereocenters. The third-order valence-corrected chi connectivity index (χ3v) is 6.11. The van der Waals surface area contributed by atoms with Crippen molar-refractivity contribution < 1.29 is 22.4 Å².